The van der Waals surface area contributed by atoms with Gasteiger partial charge in [0, 0.05) is 10.8 Å². The molecule has 4 rings (SSSR count). The van der Waals surface area contributed by atoms with Crippen LogP contribution in [0.5, 0.6) is 0 Å². The molecule has 0 amide bonds. The molecule has 1 unspecified atom stereocenters. The van der Waals surface area contributed by atoms with Crippen molar-refractivity contribution in [1.82, 2.24) is 0 Å². The fraction of sp³-hybridized carbons (Fsp3) is 0. The molecule has 0 spiro atoms. The van der Waals surface area contributed by atoms with Crippen LogP contribution in [-0.4, -0.2) is 4.89 Å². The molecule has 7 heteroatoms. The molecular formula is C19H14Cl2O3PZr. The smallest absolute Gasteiger partial charge is 1.00 e. The van der Waals surface area contributed by atoms with Crippen LogP contribution in [0.15, 0.2) is 72.8 Å². The Bertz CT molecular complexity index is 1090. The number of benzene rings is 2. The van der Waals surface area contributed by atoms with E-state index in [-0.39, 0.29) is 51.0 Å². The first-order valence-corrected chi connectivity index (χ1v) is 8.81. The van der Waals surface area contributed by atoms with E-state index in [0.29, 0.717) is 16.6 Å². The summed E-state index contributed by atoms with van der Waals surface area (Å²) in [5, 5.41) is 3.87. The van der Waals surface area contributed by atoms with Crippen molar-refractivity contribution in [3.63, 3.8) is 0 Å². The average molecular weight is 483 g/mol. The largest absolute Gasteiger partial charge is 3.00 e. The minimum Gasteiger partial charge on any atom is -1.00 e. The molecule has 0 fully saturated rings. The molecule has 0 heterocycles. The predicted molar refractivity (Wildman–Crippen MR) is 92.8 cm³/mol. The third kappa shape index (κ3) is 4.11. The summed E-state index contributed by atoms with van der Waals surface area (Å²) in [6, 6.07) is 18.6. The van der Waals surface area contributed by atoms with Gasteiger partial charge in [-0.05, 0) is 16.6 Å². The van der Waals surface area contributed by atoms with Crippen molar-refractivity contribution in [2.75, 3.05) is 0 Å². The molecule has 1 radical (unpaired) electrons. The van der Waals surface area contributed by atoms with Crippen molar-refractivity contribution < 1.29 is 65.0 Å². The molecule has 1 N–H and O–H groups in total. The van der Waals surface area contributed by atoms with Crippen LogP contribution < -0.4 is 40.6 Å². The third-order valence-electron chi connectivity index (χ3n) is 3.97. The van der Waals surface area contributed by atoms with Crippen LogP contribution in [0.3, 0.4) is 0 Å². The summed E-state index contributed by atoms with van der Waals surface area (Å²) >= 11 is 0. The van der Waals surface area contributed by atoms with E-state index in [9.17, 15) is 9.46 Å². The van der Waals surface area contributed by atoms with Gasteiger partial charge >= 0.3 is 33.8 Å². The first-order valence-electron chi connectivity index (χ1n) is 7.23. The summed E-state index contributed by atoms with van der Waals surface area (Å²) in [5.41, 5.74) is 0.608. The van der Waals surface area contributed by atoms with Crippen LogP contribution in [0.1, 0.15) is 0 Å². The molecule has 0 saturated carbocycles. The number of halogens is 2. The van der Waals surface area contributed by atoms with Gasteiger partial charge in [-0.3, -0.25) is 0 Å². The Balaban J connectivity index is 0.00000113. The second-order valence-corrected chi connectivity index (χ2v) is 7.28. The molecule has 0 bridgehead atoms. The molecule has 0 saturated heterocycles. The van der Waals surface area contributed by atoms with Crippen molar-refractivity contribution in [3.05, 3.63) is 83.3 Å². The van der Waals surface area contributed by atoms with Crippen LogP contribution in [0.25, 0.3) is 22.6 Å². The normalized spacial score (nSPS) is 14.2. The van der Waals surface area contributed by atoms with Crippen molar-refractivity contribution in [2.45, 2.75) is 0 Å². The van der Waals surface area contributed by atoms with Gasteiger partial charge in [-0.2, -0.15) is 6.07 Å². The predicted octanol–water partition coefficient (Wildman–Crippen LogP) is -3.45. The van der Waals surface area contributed by atoms with Gasteiger partial charge in [0.15, 0.2) is 0 Å². The average Bonchev–Trinajstić information content (AvgIpc) is 3.10. The number of fused-ring (bicyclic) bond motifs is 2. The maximum absolute atomic E-state index is 12.8. The Morgan fingerprint density at radius 2 is 1.69 bits per heavy atom. The zero-order valence-electron chi connectivity index (χ0n) is 13.5. The number of rotatable bonds is 3. The summed E-state index contributed by atoms with van der Waals surface area (Å²) in [7, 11) is -3.98. The maximum atomic E-state index is 12.8. The van der Waals surface area contributed by atoms with Gasteiger partial charge in [0.1, 0.15) is 5.76 Å². The molecule has 1 aliphatic carbocycles. The zero-order valence-corrected chi connectivity index (χ0v) is 18.4. The Kier molecular flexibility index (Phi) is 7.78. The minimum absolute atomic E-state index is 0. The SMILES string of the molecule is C=C1C=c2ccccc2=C1OP(=O)(O)c1cc2ccccc2[cH-]1.[Cl-].[Cl-].[Zr+3]. The summed E-state index contributed by atoms with van der Waals surface area (Å²) in [6.07, 6.45) is 1.85. The van der Waals surface area contributed by atoms with E-state index in [1.165, 1.54) is 0 Å². The minimum atomic E-state index is -3.98. The number of hydrogen-bond donors (Lipinski definition) is 1. The van der Waals surface area contributed by atoms with Crippen LogP contribution in [-0.2, 0) is 35.3 Å². The fourth-order valence-electron chi connectivity index (χ4n) is 2.84. The van der Waals surface area contributed by atoms with E-state index < -0.39 is 7.60 Å². The van der Waals surface area contributed by atoms with E-state index in [2.05, 4.69) is 6.58 Å². The van der Waals surface area contributed by atoms with Crippen LogP contribution in [0.2, 0.25) is 0 Å². The van der Waals surface area contributed by atoms with E-state index in [1.54, 1.807) is 12.1 Å². The molecule has 1 atom stereocenters. The molecule has 3 aromatic carbocycles. The van der Waals surface area contributed by atoms with Gasteiger partial charge in [0.05, 0.1) is 0 Å². The first kappa shape index (κ1) is 23.0. The van der Waals surface area contributed by atoms with Crippen LogP contribution >= 0.6 is 7.60 Å². The Hall–Kier alpha value is -1.02. The molecule has 26 heavy (non-hydrogen) atoms. The van der Waals surface area contributed by atoms with Gasteiger partial charge in [0.25, 0.3) is 0 Å². The summed E-state index contributed by atoms with van der Waals surface area (Å²) in [4.78, 5) is 10.4. The molecule has 131 valence electrons. The Labute approximate surface area is 182 Å². The first-order chi connectivity index (χ1) is 11.0. The van der Waals surface area contributed by atoms with Crippen molar-refractivity contribution in [3.8, 4) is 0 Å². The second kappa shape index (κ2) is 8.78. The monoisotopic (exact) mass is 481 g/mol. The van der Waals surface area contributed by atoms with Gasteiger partial charge in [-0.1, -0.05) is 36.9 Å². The Morgan fingerprint density at radius 3 is 2.42 bits per heavy atom. The van der Waals surface area contributed by atoms with Crippen LogP contribution in [0.4, 0.5) is 0 Å². The number of hydrogen-bond acceptors (Lipinski definition) is 2. The van der Waals surface area contributed by atoms with Gasteiger partial charge in [-0.15, -0.1) is 35.0 Å². The van der Waals surface area contributed by atoms with Gasteiger partial charge in [-0.25, -0.2) is 4.57 Å². The third-order valence-corrected chi connectivity index (χ3v) is 5.31. The molecule has 1 aliphatic rings. The fourth-order valence-corrected chi connectivity index (χ4v) is 4.01. The van der Waals surface area contributed by atoms with Crippen molar-refractivity contribution in [2.24, 2.45) is 0 Å². The van der Waals surface area contributed by atoms with Gasteiger partial charge < -0.3 is 34.2 Å². The van der Waals surface area contributed by atoms with E-state index in [1.807, 2.05) is 54.6 Å². The molecule has 3 aromatic rings. The van der Waals surface area contributed by atoms with Crippen LogP contribution in [0, 0.1) is 0 Å². The van der Waals surface area contributed by atoms with E-state index in [4.69, 9.17) is 4.52 Å². The molecule has 0 aromatic heterocycles. The second-order valence-electron chi connectivity index (χ2n) is 5.54. The Morgan fingerprint density at radius 1 is 1.04 bits per heavy atom. The van der Waals surface area contributed by atoms with Crippen molar-refractivity contribution in [1.29, 1.82) is 0 Å². The maximum Gasteiger partial charge on any atom is 3.00 e. The summed E-state index contributed by atoms with van der Waals surface area (Å²) < 4.78 is 18.3. The molecule has 0 aliphatic heterocycles. The molecular weight excluding hydrogens is 469 g/mol. The molecule has 3 nitrogen and oxygen atoms in total. The summed E-state index contributed by atoms with van der Waals surface area (Å²) in [6.45, 7) is 3.92. The summed E-state index contributed by atoms with van der Waals surface area (Å²) in [5.74, 6) is 0.372. The van der Waals surface area contributed by atoms with Crippen molar-refractivity contribution >= 4 is 35.5 Å². The van der Waals surface area contributed by atoms with E-state index >= 15 is 0 Å². The standard InChI is InChI=1S/C19H14O3P.2ClH.Zr/c1-13-10-16-8-4-5-9-18(16)19(13)22-23(20,21)17-11-14-6-2-3-7-15(14)12-17;;;/h2-12H,1H2,(H,20,21);2*1H;/q-1;;;+3/p-2. The van der Waals surface area contributed by atoms with E-state index in [0.717, 1.165) is 21.2 Å². The quantitative estimate of drug-likeness (QED) is 0.312. The topological polar surface area (TPSA) is 46.5 Å². The van der Waals surface area contributed by atoms with Gasteiger partial charge in [0.2, 0.25) is 0 Å². The zero-order chi connectivity index (χ0) is 16.0.